The van der Waals surface area contributed by atoms with Gasteiger partial charge in [-0.3, -0.25) is 9.59 Å². The summed E-state index contributed by atoms with van der Waals surface area (Å²) in [5, 5.41) is 14.8. The van der Waals surface area contributed by atoms with E-state index in [0.717, 1.165) is 11.1 Å². The second kappa shape index (κ2) is 20.8. The zero-order valence-electron chi connectivity index (χ0n) is 43.3. The summed E-state index contributed by atoms with van der Waals surface area (Å²) in [4.78, 5) is 74.2. The number of rotatable bonds is 13. The van der Waals surface area contributed by atoms with E-state index < -0.39 is 11.6 Å². The first-order chi connectivity index (χ1) is 38.8. The summed E-state index contributed by atoms with van der Waals surface area (Å²) in [5.74, 6) is 1.74. The molecular weight excluding hydrogens is 1030 g/mol. The van der Waals surface area contributed by atoms with Crippen molar-refractivity contribution in [2.75, 3.05) is 23.7 Å². The fourth-order valence-corrected chi connectivity index (χ4v) is 9.49. The number of benzene rings is 2. The third-order valence-corrected chi connectivity index (χ3v) is 13.8. The number of hydrogen-bond donors (Lipinski definition) is 2. The fourth-order valence-electron chi connectivity index (χ4n) is 9.49. The number of carbonyl (C=O) groups excluding carboxylic acids is 2. The van der Waals surface area contributed by atoms with Crippen LogP contribution in [0.25, 0.3) is 50.6 Å². The van der Waals surface area contributed by atoms with Gasteiger partial charge in [-0.25, -0.2) is 67.7 Å². The molecule has 24 heteroatoms. The molecule has 8 aromatic heterocycles. The quantitative estimate of drug-likeness (QED) is 0.102. The number of pyridine rings is 2. The number of ether oxygens (including phenoxy) is 2. The van der Waals surface area contributed by atoms with E-state index in [0.29, 0.717) is 88.2 Å². The van der Waals surface area contributed by atoms with Crippen LogP contribution < -0.4 is 20.1 Å². The van der Waals surface area contributed by atoms with Crippen molar-refractivity contribution in [3.8, 4) is 23.0 Å². The van der Waals surface area contributed by atoms with Crippen LogP contribution in [-0.2, 0) is 9.59 Å². The van der Waals surface area contributed by atoms with E-state index in [9.17, 15) is 9.59 Å². The lowest BCUT2D eigenvalue weighted by Crippen LogP contribution is -2.40. The lowest BCUT2D eigenvalue weighted by Gasteiger charge is -2.31. The van der Waals surface area contributed by atoms with Gasteiger partial charge in [0.15, 0.2) is 52.0 Å². The molecule has 2 aliphatic rings. The lowest BCUT2D eigenvalue weighted by atomic mass is 10.0. The summed E-state index contributed by atoms with van der Waals surface area (Å²) in [6, 6.07) is 12.8. The SMILES string of the molecule is C=CC(=O)N1CC=C(c2ncc3ncnc(Nc4ccc(Oc5ccn6nc(/C=C\C(=O)N7CCC(c8ncc9ncnc(Nc%10ccc(Oc%11ccn%12ncnc%12c%11)c(C)c%10F)c9n8)=C[C@H]7C)nc6c5)c(C)c4F)c3n2)C[C@H]1C. The Labute approximate surface area is 453 Å². The lowest BCUT2D eigenvalue weighted by molar-refractivity contribution is -0.128. The highest BCUT2D eigenvalue weighted by atomic mass is 19.1. The normalized spacial score (nSPS) is 15.6. The maximum Gasteiger partial charge on any atom is 0.247 e. The zero-order chi connectivity index (χ0) is 55.2. The standard InChI is InChI=1S/C56H46F2N18O4/c1-6-47(77)73-17-13-34(21-30(73)2)53-59-25-40-51(70-53)55(64-27-61-40)68-39-8-10-43(33(5)50(39)58)80-37-16-20-76-46(24-37)69-44(72-76)11-12-48(78)74-18-14-35(22-31(74)3)54-60-26-41-52(71-54)56(65-28-62-41)67-38-7-9-42(32(4)49(38)57)79-36-15-19-75-45(23-36)63-29-66-75/h6-13,15-16,19-20,22-31H,1,14,17-18,21H2,2-5H3,(H,61,64,68)(H,62,65,67)/b12-11-/t30-,31-/m1/s1. The van der Waals surface area contributed by atoms with Gasteiger partial charge in [0.25, 0.3) is 0 Å². The fraction of sp³-hybridized carbons (Fsp3) is 0.179. The van der Waals surface area contributed by atoms with Gasteiger partial charge in [0.1, 0.15) is 64.0 Å². The van der Waals surface area contributed by atoms with Gasteiger partial charge in [-0.2, -0.15) is 5.10 Å². The molecule has 2 aliphatic heterocycles. The van der Waals surface area contributed by atoms with Crippen LogP contribution in [0.2, 0.25) is 0 Å². The number of nitrogens with zero attached hydrogens (tertiary/aromatic N) is 16. The highest BCUT2D eigenvalue weighted by molar-refractivity contribution is 5.93. The first-order valence-electron chi connectivity index (χ1n) is 25.3. The van der Waals surface area contributed by atoms with Crippen molar-refractivity contribution in [2.24, 2.45) is 0 Å². The molecule has 2 aromatic carbocycles. The Kier molecular flexibility index (Phi) is 13.1. The zero-order valence-corrected chi connectivity index (χ0v) is 43.3. The molecule has 10 aromatic rings. The van der Waals surface area contributed by atoms with Gasteiger partial charge in [0.2, 0.25) is 11.8 Å². The van der Waals surface area contributed by atoms with Gasteiger partial charge in [-0.15, -0.1) is 5.10 Å². The summed E-state index contributed by atoms with van der Waals surface area (Å²) in [6.07, 6.45) is 19.8. The number of halogens is 2. The molecule has 10 heterocycles. The van der Waals surface area contributed by atoms with E-state index in [1.54, 1.807) is 112 Å². The topological polar surface area (TPSA) is 247 Å². The first kappa shape index (κ1) is 50.3. The monoisotopic (exact) mass is 1070 g/mol. The molecule has 12 rings (SSSR count). The Bertz CT molecular complexity index is 4250. The molecular formula is C56H46F2N18O4. The van der Waals surface area contributed by atoms with Crippen LogP contribution in [-0.4, -0.2) is 116 Å². The van der Waals surface area contributed by atoms with E-state index in [1.165, 1.54) is 31.1 Å². The maximum atomic E-state index is 16.1. The van der Waals surface area contributed by atoms with Gasteiger partial charge < -0.3 is 29.9 Å². The largest absolute Gasteiger partial charge is 0.457 e. The molecule has 0 bridgehead atoms. The van der Waals surface area contributed by atoms with Gasteiger partial charge in [0.05, 0.1) is 23.8 Å². The minimum absolute atomic E-state index is 0.0851. The summed E-state index contributed by atoms with van der Waals surface area (Å²) >= 11 is 0. The van der Waals surface area contributed by atoms with E-state index in [2.05, 4.69) is 67.3 Å². The summed E-state index contributed by atoms with van der Waals surface area (Å²) in [7, 11) is 0. The Balaban J connectivity index is 0.689. The molecule has 0 radical (unpaired) electrons. The number of carbonyl (C=O) groups is 2. The van der Waals surface area contributed by atoms with Gasteiger partial charge in [0, 0.05) is 66.9 Å². The summed E-state index contributed by atoms with van der Waals surface area (Å²) in [6.45, 7) is 11.5. The van der Waals surface area contributed by atoms with E-state index in [1.807, 2.05) is 26.0 Å². The van der Waals surface area contributed by atoms with Crippen LogP contribution >= 0.6 is 0 Å². The molecule has 0 saturated heterocycles. The Morgan fingerprint density at radius 1 is 0.700 bits per heavy atom. The molecule has 0 spiro atoms. The molecule has 0 fully saturated rings. The van der Waals surface area contributed by atoms with Crippen molar-refractivity contribution >= 4 is 85.4 Å². The molecule has 398 valence electrons. The number of nitrogens with one attached hydrogen (secondary N) is 2. The molecule has 2 atom stereocenters. The summed E-state index contributed by atoms with van der Waals surface area (Å²) in [5.41, 5.74) is 5.25. The first-order valence-corrected chi connectivity index (χ1v) is 25.3. The van der Waals surface area contributed by atoms with Crippen LogP contribution in [0.4, 0.5) is 31.8 Å². The summed E-state index contributed by atoms with van der Waals surface area (Å²) < 4.78 is 47.3. The van der Waals surface area contributed by atoms with Gasteiger partial charge in [-0.1, -0.05) is 18.7 Å². The average molecular weight is 1070 g/mol. The van der Waals surface area contributed by atoms with Crippen LogP contribution in [0.3, 0.4) is 0 Å². The molecule has 2 N–H and O–H groups in total. The number of anilines is 4. The number of aromatic nitrogens is 14. The molecule has 0 aliphatic carbocycles. The second-order valence-electron chi connectivity index (χ2n) is 18.9. The van der Waals surface area contributed by atoms with E-state index in [-0.39, 0.29) is 69.6 Å². The van der Waals surface area contributed by atoms with Crippen molar-refractivity contribution in [1.82, 2.24) is 78.9 Å². The highest BCUT2D eigenvalue weighted by Crippen LogP contribution is 2.36. The number of hydrogen-bond acceptors (Lipinski definition) is 18. The molecule has 22 nitrogen and oxygen atoms in total. The second-order valence-corrected chi connectivity index (χ2v) is 18.9. The van der Waals surface area contributed by atoms with Crippen molar-refractivity contribution in [3.63, 3.8) is 0 Å². The van der Waals surface area contributed by atoms with Crippen molar-refractivity contribution < 1.29 is 27.8 Å². The third-order valence-electron chi connectivity index (χ3n) is 13.8. The number of amides is 2. The molecule has 2 amide bonds. The van der Waals surface area contributed by atoms with Crippen molar-refractivity contribution in [3.05, 3.63) is 163 Å². The third kappa shape index (κ3) is 9.80. The predicted molar refractivity (Wildman–Crippen MR) is 292 cm³/mol. The maximum absolute atomic E-state index is 16.1. The Morgan fingerprint density at radius 2 is 1.31 bits per heavy atom. The van der Waals surface area contributed by atoms with Crippen molar-refractivity contribution in [1.29, 1.82) is 0 Å². The van der Waals surface area contributed by atoms with Crippen LogP contribution in [0.1, 0.15) is 55.3 Å². The average Bonchev–Trinajstić information content (AvgIpc) is 4.16. The molecule has 80 heavy (non-hydrogen) atoms. The van der Waals surface area contributed by atoms with Crippen LogP contribution in [0.5, 0.6) is 23.0 Å². The van der Waals surface area contributed by atoms with Gasteiger partial charge >= 0.3 is 0 Å². The van der Waals surface area contributed by atoms with E-state index >= 15 is 8.78 Å². The smallest absolute Gasteiger partial charge is 0.247 e. The highest BCUT2D eigenvalue weighted by Gasteiger charge is 2.27. The number of fused-ring (bicyclic) bond motifs is 4. The Morgan fingerprint density at radius 3 is 1.93 bits per heavy atom. The van der Waals surface area contributed by atoms with Crippen LogP contribution in [0, 0.1) is 25.5 Å². The predicted octanol–water partition coefficient (Wildman–Crippen LogP) is 9.11. The van der Waals surface area contributed by atoms with Crippen LogP contribution in [0.15, 0.2) is 123 Å². The minimum Gasteiger partial charge on any atom is -0.457 e. The van der Waals surface area contributed by atoms with E-state index in [4.69, 9.17) is 19.4 Å². The Hall–Kier alpha value is -10.5. The molecule has 0 unspecified atom stereocenters. The minimum atomic E-state index is -0.561. The van der Waals surface area contributed by atoms with Crippen molar-refractivity contribution in [2.45, 2.75) is 52.6 Å². The molecule has 0 saturated carbocycles. The van der Waals surface area contributed by atoms with Gasteiger partial charge in [-0.05, 0) is 100 Å².